The fraction of sp³-hybridized carbons (Fsp3) is 0.455. The van der Waals surface area contributed by atoms with E-state index in [0.717, 1.165) is 27.8 Å². The fourth-order valence-corrected chi connectivity index (χ4v) is 3.48. The van der Waals surface area contributed by atoms with Crippen LogP contribution in [0, 0.1) is 20.8 Å². The van der Waals surface area contributed by atoms with Gasteiger partial charge in [-0.3, -0.25) is 0 Å². The first-order valence-electron chi connectivity index (χ1n) is 5.18. The minimum Gasteiger partial charge on any atom is -0.326 e. The summed E-state index contributed by atoms with van der Waals surface area (Å²) in [4.78, 5) is 11.5. The van der Waals surface area contributed by atoms with Crippen LogP contribution in [-0.2, 0) is 13.0 Å². The van der Waals surface area contributed by atoms with E-state index in [1.807, 2.05) is 13.8 Å². The Hall–Kier alpha value is -0.780. The molecule has 0 fully saturated rings. The number of nitrogens with zero attached hydrogens (tertiary/aromatic N) is 2. The van der Waals surface area contributed by atoms with E-state index in [0.29, 0.717) is 6.54 Å². The first-order chi connectivity index (χ1) is 7.60. The number of aryl methyl sites for hydroxylation is 3. The average Bonchev–Trinajstić information content (AvgIpc) is 2.72. The fourth-order valence-electron chi connectivity index (χ4n) is 1.50. The summed E-state index contributed by atoms with van der Waals surface area (Å²) in [5.41, 5.74) is 7.84. The highest BCUT2D eigenvalue weighted by Gasteiger charge is 2.10. The molecule has 0 spiro atoms. The predicted molar refractivity (Wildman–Crippen MR) is 69.1 cm³/mol. The Morgan fingerprint density at radius 3 is 2.12 bits per heavy atom. The van der Waals surface area contributed by atoms with Crippen molar-refractivity contribution in [2.45, 2.75) is 33.7 Å². The van der Waals surface area contributed by atoms with Crippen LogP contribution in [0.15, 0.2) is 0 Å². The minimum atomic E-state index is 0.583. The zero-order chi connectivity index (χ0) is 11.7. The average molecular weight is 253 g/mol. The normalized spacial score (nSPS) is 11.0. The van der Waals surface area contributed by atoms with E-state index in [-0.39, 0.29) is 0 Å². The van der Waals surface area contributed by atoms with Crippen LogP contribution in [0.2, 0.25) is 0 Å². The molecule has 2 aromatic rings. The smallest absolute Gasteiger partial charge is 0.0999 e. The van der Waals surface area contributed by atoms with Gasteiger partial charge < -0.3 is 5.73 Å². The lowest BCUT2D eigenvalue weighted by molar-refractivity contribution is 1.03. The predicted octanol–water partition coefficient (Wildman–Crippen LogP) is 2.57. The number of nitrogens with two attached hydrogens (primary N) is 1. The molecule has 3 nitrogen and oxygen atoms in total. The highest BCUT2D eigenvalue weighted by Crippen LogP contribution is 2.23. The van der Waals surface area contributed by atoms with Crippen LogP contribution in [0.4, 0.5) is 0 Å². The number of hydrogen-bond donors (Lipinski definition) is 1. The second-order valence-corrected chi connectivity index (χ2v) is 6.20. The van der Waals surface area contributed by atoms with Crippen molar-refractivity contribution in [3.63, 3.8) is 0 Å². The summed E-state index contributed by atoms with van der Waals surface area (Å²) in [6.45, 7) is 6.75. The summed E-state index contributed by atoms with van der Waals surface area (Å²) in [5, 5.41) is 2.26. The van der Waals surface area contributed by atoms with Crippen molar-refractivity contribution in [1.82, 2.24) is 9.97 Å². The molecule has 0 saturated carbocycles. The third kappa shape index (κ3) is 2.31. The van der Waals surface area contributed by atoms with Crippen molar-refractivity contribution in [2.24, 2.45) is 5.73 Å². The minimum absolute atomic E-state index is 0.583. The van der Waals surface area contributed by atoms with Gasteiger partial charge in [-0.15, -0.1) is 22.7 Å². The molecule has 2 rings (SSSR count). The van der Waals surface area contributed by atoms with Gasteiger partial charge in [-0.2, -0.15) is 0 Å². The van der Waals surface area contributed by atoms with Crippen LogP contribution in [0.3, 0.4) is 0 Å². The van der Waals surface area contributed by atoms with Crippen LogP contribution >= 0.6 is 22.7 Å². The molecule has 2 aromatic heterocycles. The quantitative estimate of drug-likeness (QED) is 0.914. The Morgan fingerprint density at radius 2 is 1.62 bits per heavy atom. The summed E-state index contributed by atoms with van der Waals surface area (Å²) in [5.74, 6) is 0. The van der Waals surface area contributed by atoms with Gasteiger partial charge in [0.15, 0.2) is 0 Å². The lowest BCUT2D eigenvalue weighted by atomic mass is 10.4. The molecule has 0 unspecified atom stereocenters. The zero-order valence-electron chi connectivity index (χ0n) is 9.70. The molecule has 0 bridgehead atoms. The maximum atomic E-state index is 5.64. The van der Waals surface area contributed by atoms with Gasteiger partial charge in [-0.1, -0.05) is 0 Å². The molecule has 0 aliphatic rings. The monoisotopic (exact) mass is 253 g/mol. The Balaban J connectivity index is 2.20. The highest BCUT2D eigenvalue weighted by atomic mass is 32.1. The SMILES string of the molecule is Cc1nc(Cc2nc(C)c(CN)s2)sc1C. The molecular weight excluding hydrogens is 238 g/mol. The molecule has 0 atom stereocenters. The summed E-state index contributed by atoms with van der Waals surface area (Å²) in [6.07, 6.45) is 0.838. The number of thiazole rings is 2. The van der Waals surface area contributed by atoms with Gasteiger partial charge in [-0.05, 0) is 20.8 Å². The molecule has 2 heterocycles. The van der Waals surface area contributed by atoms with Crippen molar-refractivity contribution in [2.75, 3.05) is 0 Å². The lowest BCUT2D eigenvalue weighted by Gasteiger charge is -1.89. The second-order valence-electron chi connectivity index (χ2n) is 3.75. The molecule has 5 heteroatoms. The molecule has 0 amide bonds. The third-order valence-electron chi connectivity index (χ3n) is 2.50. The van der Waals surface area contributed by atoms with Gasteiger partial charge >= 0.3 is 0 Å². The van der Waals surface area contributed by atoms with E-state index in [2.05, 4.69) is 16.9 Å². The topological polar surface area (TPSA) is 51.8 Å². The molecule has 16 heavy (non-hydrogen) atoms. The van der Waals surface area contributed by atoms with Crippen LogP contribution in [0.1, 0.15) is 31.2 Å². The van der Waals surface area contributed by atoms with Gasteiger partial charge in [0.05, 0.1) is 27.8 Å². The van der Waals surface area contributed by atoms with E-state index in [4.69, 9.17) is 5.73 Å². The first-order valence-corrected chi connectivity index (χ1v) is 6.81. The van der Waals surface area contributed by atoms with Crippen LogP contribution in [0.25, 0.3) is 0 Å². The van der Waals surface area contributed by atoms with Crippen molar-refractivity contribution in [1.29, 1.82) is 0 Å². The molecule has 0 aromatic carbocycles. The summed E-state index contributed by atoms with van der Waals surface area (Å²) in [7, 11) is 0. The van der Waals surface area contributed by atoms with E-state index in [9.17, 15) is 0 Å². The summed E-state index contributed by atoms with van der Waals surface area (Å²) in [6, 6.07) is 0. The molecule has 86 valence electrons. The molecule has 2 N–H and O–H groups in total. The molecule has 0 aliphatic heterocycles. The van der Waals surface area contributed by atoms with Crippen LogP contribution in [-0.4, -0.2) is 9.97 Å². The Morgan fingerprint density at radius 1 is 1.00 bits per heavy atom. The standard InChI is InChI=1S/C11H15N3S2/c1-6-8(3)15-10(13-6)4-11-14-7(2)9(5-12)16-11/h4-5,12H2,1-3H3. The highest BCUT2D eigenvalue weighted by molar-refractivity contribution is 7.13. The van der Waals surface area contributed by atoms with Gasteiger partial charge in [0, 0.05) is 16.3 Å². The van der Waals surface area contributed by atoms with E-state index < -0.39 is 0 Å². The van der Waals surface area contributed by atoms with Crippen LogP contribution < -0.4 is 5.73 Å². The molecule has 0 radical (unpaired) electrons. The second kappa shape index (κ2) is 4.61. The number of aromatic nitrogens is 2. The van der Waals surface area contributed by atoms with Crippen molar-refractivity contribution in [3.8, 4) is 0 Å². The Kier molecular flexibility index (Phi) is 3.37. The summed E-state index contributed by atoms with van der Waals surface area (Å²) >= 11 is 3.46. The largest absolute Gasteiger partial charge is 0.326 e. The van der Waals surface area contributed by atoms with Gasteiger partial charge in [0.1, 0.15) is 0 Å². The van der Waals surface area contributed by atoms with Gasteiger partial charge in [0.2, 0.25) is 0 Å². The maximum absolute atomic E-state index is 5.64. The molecular formula is C11H15N3S2. The Labute approximate surface area is 103 Å². The van der Waals surface area contributed by atoms with Gasteiger partial charge in [0.25, 0.3) is 0 Å². The maximum Gasteiger partial charge on any atom is 0.0999 e. The van der Waals surface area contributed by atoms with Crippen molar-refractivity contribution < 1.29 is 0 Å². The van der Waals surface area contributed by atoms with E-state index in [1.165, 1.54) is 9.75 Å². The Bertz CT molecular complexity index is 480. The number of hydrogen-bond acceptors (Lipinski definition) is 5. The van der Waals surface area contributed by atoms with Gasteiger partial charge in [-0.25, -0.2) is 9.97 Å². The van der Waals surface area contributed by atoms with E-state index >= 15 is 0 Å². The third-order valence-corrected chi connectivity index (χ3v) is 4.75. The van der Waals surface area contributed by atoms with E-state index in [1.54, 1.807) is 22.7 Å². The molecule has 0 saturated heterocycles. The summed E-state index contributed by atoms with van der Waals surface area (Å²) < 4.78 is 0. The van der Waals surface area contributed by atoms with Crippen molar-refractivity contribution in [3.05, 3.63) is 31.2 Å². The molecule has 0 aliphatic carbocycles. The lowest BCUT2D eigenvalue weighted by Crippen LogP contribution is -1.94. The number of rotatable bonds is 3. The van der Waals surface area contributed by atoms with Crippen molar-refractivity contribution >= 4 is 22.7 Å². The zero-order valence-corrected chi connectivity index (χ0v) is 11.3. The van der Waals surface area contributed by atoms with Crippen LogP contribution in [0.5, 0.6) is 0 Å². The first kappa shape index (κ1) is 11.7.